The van der Waals surface area contributed by atoms with Gasteiger partial charge in [0.1, 0.15) is 11.8 Å². The Balaban J connectivity index is 2.04. The van der Waals surface area contributed by atoms with Gasteiger partial charge in [-0.25, -0.2) is 22.6 Å². The number of rotatable bonds is 8. The van der Waals surface area contributed by atoms with Crippen LogP contribution in [0.5, 0.6) is 0 Å². The number of aromatic amines is 1. The number of aliphatic carboxylic acids is 2. The zero-order valence-electron chi connectivity index (χ0n) is 17.9. The molecule has 3 N–H and O–H groups in total. The van der Waals surface area contributed by atoms with Gasteiger partial charge in [0, 0.05) is 6.42 Å². The molecular weight excluding hydrogens is 480 g/mol. The van der Waals surface area contributed by atoms with Gasteiger partial charge >= 0.3 is 17.6 Å². The lowest BCUT2D eigenvalue weighted by atomic mass is 10.1. The fraction of sp³-hybridized carbons (Fsp3) is 0.130. The number of H-pyrrole nitrogens is 1. The molecule has 180 valence electrons. The van der Waals surface area contributed by atoms with E-state index >= 15 is 0 Å². The molecule has 0 aliphatic carbocycles. The molecule has 2 aromatic carbocycles. The maximum Gasteiger partial charge on any atom is 0.329 e. The van der Waals surface area contributed by atoms with Gasteiger partial charge in [0.05, 0.1) is 33.4 Å². The number of hydrogen-bond donors (Lipinski definition) is 3. The third kappa shape index (κ3) is 4.51. The van der Waals surface area contributed by atoms with Crippen molar-refractivity contribution in [1.82, 2.24) is 9.55 Å². The minimum atomic E-state index is -4.11. The second-order valence-corrected chi connectivity index (χ2v) is 9.58. The first-order valence-electron chi connectivity index (χ1n) is 10.2. The largest absolute Gasteiger partial charge is 0.481 e. The molecule has 0 bridgehead atoms. The van der Waals surface area contributed by atoms with Crippen LogP contribution >= 0.6 is 0 Å². The lowest BCUT2D eigenvalue weighted by molar-refractivity contribution is -0.147. The number of fused-ring (bicyclic) bond motifs is 1. The number of carboxylic acids is 2. The van der Waals surface area contributed by atoms with Crippen molar-refractivity contribution in [2.24, 2.45) is 0 Å². The molecule has 0 aliphatic rings. The molecule has 35 heavy (non-hydrogen) atoms. The second kappa shape index (κ2) is 9.06. The van der Waals surface area contributed by atoms with Gasteiger partial charge in [-0.3, -0.25) is 9.59 Å². The van der Waals surface area contributed by atoms with Crippen LogP contribution in [0, 0.1) is 0 Å². The number of sulfone groups is 1. The van der Waals surface area contributed by atoms with Crippen molar-refractivity contribution in [3.63, 3.8) is 0 Å². The molecule has 11 nitrogen and oxygen atoms in total. The Bertz CT molecular complexity index is 1650. The Morgan fingerprint density at radius 2 is 1.71 bits per heavy atom. The maximum atomic E-state index is 13.3. The van der Waals surface area contributed by atoms with Gasteiger partial charge in [-0.15, -0.1) is 0 Å². The maximum absolute atomic E-state index is 13.3. The summed E-state index contributed by atoms with van der Waals surface area (Å²) in [6.45, 7) is 0. The summed E-state index contributed by atoms with van der Waals surface area (Å²) in [7, 11) is -4.11. The summed E-state index contributed by atoms with van der Waals surface area (Å²) < 4.78 is 32.2. The van der Waals surface area contributed by atoms with Gasteiger partial charge < -0.3 is 19.6 Å². The van der Waals surface area contributed by atoms with Crippen molar-refractivity contribution in [1.29, 1.82) is 0 Å². The highest BCUT2D eigenvalue weighted by atomic mass is 32.2. The third-order valence-electron chi connectivity index (χ3n) is 5.37. The highest BCUT2D eigenvalue weighted by molar-refractivity contribution is 7.91. The molecule has 1 unspecified atom stereocenters. The Labute approximate surface area is 196 Å². The second-order valence-electron chi connectivity index (χ2n) is 7.63. The van der Waals surface area contributed by atoms with Crippen LogP contribution < -0.4 is 11.2 Å². The fourth-order valence-corrected chi connectivity index (χ4v) is 5.11. The molecular formula is C23H18N2O9S. The van der Waals surface area contributed by atoms with E-state index in [0.29, 0.717) is 5.76 Å². The molecule has 0 saturated heterocycles. The molecule has 4 rings (SSSR count). The number of hydrogen-bond acceptors (Lipinski definition) is 7. The zero-order valence-corrected chi connectivity index (χ0v) is 18.7. The van der Waals surface area contributed by atoms with Crippen molar-refractivity contribution < 1.29 is 32.6 Å². The van der Waals surface area contributed by atoms with Crippen molar-refractivity contribution in [2.45, 2.75) is 28.7 Å². The normalized spacial score (nSPS) is 12.5. The minimum absolute atomic E-state index is 0.0124. The van der Waals surface area contributed by atoms with E-state index in [9.17, 15) is 32.7 Å². The lowest BCUT2D eigenvalue weighted by Gasteiger charge is -2.15. The number of carboxylic acid groups (broad SMARTS) is 2. The summed E-state index contributed by atoms with van der Waals surface area (Å²) in [6.07, 6.45) is 0.380. The molecule has 2 heterocycles. The van der Waals surface area contributed by atoms with Crippen molar-refractivity contribution in [2.75, 3.05) is 0 Å². The zero-order chi connectivity index (χ0) is 25.3. The molecule has 0 saturated carbocycles. The predicted octanol–water partition coefficient (Wildman–Crippen LogP) is 1.81. The molecule has 4 aromatic rings. The standard InChI is InChI=1S/C23H18N2O9S/c26-19(27)12-18(22(29)30)25-21(28)17-11-16(35(32,33)15-6-2-1-3-7-15)10-13(20(17)24-23(25)31)9-14-5-4-8-34-14/h1-8,10-11,18H,9,12H2,(H,24,31)(H,26,27)(H,29,30). The van der Waals surface area contributed by atoms with Gasteiger partial charge in [0.2, 0.25) is 9.84 Å². The van der Waals surface area contributed by atoms with E-state index in [4.69, 9.17) is 9.52 Å². The number of aromatic nitrogens is 2. The smallest absolute Gasteiger partial charge is 0.329 e. The quantitative estimate of drug-likeness (QED) is 0.327. The van der Waals surface area contributed by atoms with Gasteiger partial charge in [-0.05, 0) is 42.0 Å². The van der Waals surface area contributed by atoms with E-state index in [0.717, 1.165) is 6.07 Å². The topological polar surface area (TPSA) is 177 Å². The molecule has 1 atom stereocenters. The molecule has 0 spiro atoms. The average molecular weight is 498 g/mol. The summed E-state index contributed by atoms with van der Waals surface area (Å²) in [6, 6.07) is 11.0. The van der Waals surface area contributed by atoms with Gasteiger partial charge in [-0.1, -0.05) is 18.2 Å². The Hall–Kier alpha value is -4.45. The average Bonchev–Trinajstić information content (AvgIpc) is 3.32. The van der Waals surface area contributed by atoms with E-state index in [2.05, 4.69) is 4.98 Å². The molecule has 0 radical (unpaired) electrons. The Morgan fingerprint density at radius 1 is 1.00 bits per heavy atom. The Morgan fingerprint density at radius 3 is 2.31 bits per heavy atom. The van der Waals surface area contributed by atoms with Crippen LogP contribution in [0.2, 0.25) is 0 Å². The minimum Gasteiger partial charge on any atom is -0.481 e. The van der Waals surface area contributed by atoms with Crippen LogP contribution in [-0.2, 0) is 25.8 Å². The van der Waals surface area contributed by atoms with Crippen LogP contribution in [-0.4, -0.2) is 40.1 Å². The van der Waals surface area contributed by atoms with E-state index in [1.54, 1.807) is 18.2 Å². The first kappa shape index (κ1) is 23.7. The van der Waals surface area contributed by atoms with Crippen LogP contribution in [0.15, 0.2) is 84.7 Å². The molecule has 2 aromatic heterocycles. The summed E-state index contributed by atoms with van der Waals surface area (Å²) in [5.74, 6) is -2.83. The van der Waals surface area contributed by atoms with Gasteiger partial charge in [-0.2, -0.15) is 0 Å². The first-order valence-corrected chi connectivity index (χ1v) is 11.7. The molecule has 0 aliphatic heterocycles. The highest BCUT2D eigenvalue weighted by Gasteiger charge is 2.28. The van der Waals surface area contributed by atoms with E-state index < -0.39 is 45.5 Å². The van der Waals surface area contributed by atoms with Crippen molar-refractivity contribution >= 4 is 32.7 Å². The number of furan rings is 1. The lowest BCUT2D eigenvalue weighted by Crippen LogP contribution is -2.42. The summed E-state index contributed by atoms with van der Waals surface area (Å²) in [4.78, 5) is 51.0. The van der Waals surface area contributed by atoms with Crippen LogP contribution in [0.3, 0.4) is 0 Å². The van der Waals surface area contributed by atoms with Crippen LogP contribution in [0.4, 0.5) is 0 Å². The van der Waals surface area contributed by atoms with E-state index in [-0.39, 0.29) is 37.2 Å². The van der Waals surface area contributed by atoms with E-state index in [1.807, 2.05) is 0 Å². The monoisotopic (exact) mass is 498 g/mol. The Kier molecular flexibility index (Phi) is 6.14. The van der Waals surface area contributed by atoms with Gasteiger partial charge in [0.15, 0.2) is 0 Å². The first-order chi connectivity index (χ1) is 16.6. The predicted molar refractivity (Wildman–Crippen MR) is 121 cm³/mol. The van der Waals surface area contributed by atoms with Crippen LogP contribution in [0.1, 0.15) is 23.8 Å². The number of nitrogens with one attached hydrogen (secondary N) is 1. The van der Waals surface area contributed by atoms with Crippen molar-refractivity contribution in [3.8, 4) is 0 Å². The third-order valence-corrected chi connectivity index (χ3v) is 7.12. The highest BCUT2D eigenvalue weighted by Crippen LogP contribution is 2.27. The van der Waals surface area contributed by atoms with Gasteiger partial charge in [0.25, 0.3) is 5.56 Å². The van der Waals surface area contributed by atoms with Crippen molar-refractivity contribution in [3.05, 3.63) is 93.0 Å². The fourth-order valence-electron chi connectivity index (χ4n) is 3.75. The molecule has 12 heteroatoms. The van der Waals surface area contributed by atoms with Crippen LogP contribution in [0.25, 0.3) is 10.9 Å². The number of benzene rings is 2. The SMILES string of the molecule is O=C(O)CC(C(=O)O)n1c(=O)[nH]c2c(Cc3ccco3)cc(S(=O)(=O)c3ccccc3)cc2c1=O. The number of nitrogens with zero attached hydrogens (tertiary/aromatic N) is 1. The van der Waals surface area contributed by atoms with E-state index in [1.165, 1.54) is 36.6 Å². The summed E-state index contributed by atoms with van der Waals surface area (Å²) in [5.41, 5.74) is -2.06. The molecule has 0 amide bonds. The molecule has 0 fully saturated rings. The summed E-state index contributed by atoms with van der Waals surface area (Å²) in [5, 5.41) is 18.3. The number of carbonyl (C=O) groups is 2. The summed E-state index contributed by atoms with van der Waals surface area (Å²) >= 11 is 0.